The molecule has 0 saturated carbocycles. The van der Waals surface area contributed by atoms with Crippen LogP contribution in [0.3, 0.4) is 0 Å². The molecule has 9 heteroatoms. The van der Waals surface area contributed by atoms with Gasteiger partial charge in [-0.3, -0.25) is 18.9 Å². The monoisotopic (exact) mass is 307 g/mol. The Morgan fingerprint density at radius 2 is 2.38 bits per heavy atom. The maximum absolute atomic E-state index is 11.9. The molecule has 0 bridgehead atoms. The summed E-state index contributed by atoms with van der Waals surface area (Å²) < 4.78 is 1.88. The molecule has 3 rings (SSSR count). The predicted octanol–water partition coefficient (Wildman–Crippen LogP) is 0.125. The SMILES string of the molecule is CC(NC(=O)CN1C(=O)CNC1=O)c1cn2ccsc2n1. The Kier molecular flexibility index (Phi) is 3.34. The molecule has 8 nitrogen and oxygen atoms in total. The van der Waals surface area contributed by atoms with Gasteiger partial charge in [0.05, 0.1) is 18.3 Å². The predicted molar refractivity (Wildman–Crippen MR) is 74.7 cm³/mol. The maximum Gasteiger partial charge on any atom is 0.325 e. The molecule has 4 amide bonds. The van der Waals surface area contributed by atoms with Gasteiger partial charge in [0.2, 0.25) is 5.91 Å². The number of rotatable bonds is 4. The molecule has 1 fully saturated rings. The molecular weight excluding hydrogens is 294 g/mol. The van der Waals surface area contributed by atoms with Crippen LogP contribution in [0.1, 0.15) is 18.7 Å². The second-order valence-electron chi connectivity index (χ2n) is 4.69. The molecule has 0 aromatic carbocycles. The van der Waals surface area contributed by atoms with E-state index in [1.807, 2.05) is 22.2 Å². The van der Waals surface area contributed by atoms with Crippen LogP contribution in [0.15, 0.2) is 17.8 Å². The summed E-state index contributed by atoms with van der Waals surface area (Å²) in [5.74, 6) is -0.797. The van der Waals surface area contributed by atoms with E-state index in [0.29, 0.717) is 0 Å². The van der Waals surface area contributed by atoms with E-state index in [4.69, 9.17) is 0 Å². The first-order valence-electron chi connectivity index (χ1n) is 6.34. The van der Waals surface area contributed by atoms with Gasteiger partial charge in [0, 0.05) is 17.8 Å². The quantitative estimate of drug-likeness (QED) is 0.785. The van der Waals surface area contributed by atoms with Crippen molar-refractivity contribution in [3.8, 4) is 0 Å². The average molecular weight is 307 g/mol. The van der Waals surface area contributed by atoms with E-state index in [0.717, 1.165) is 15.6 Å². The van der Waals surface area contributed by atoms with Gasteiger partial charge in [-0.2, -0.15) is 0 Å². The molecule has 21 heavy (non-hydrogen) atoms. The van der Waals surface area contributed by atoms with Crippen molar-refractivity contribution < 1.29 is 14.4 Å². The van der Waals surface area contributed by atoms with Crippen LogP contribution >= 0.6 is 11.3 Å². The minimum atomic E-state index is -0.537. The molecule has 2 aromatic rings. The van der Waals surface area contributed by atoms with Gasteiger partial charge in [0.1, 0.15) is 6.54 Å². The van der Waals surface area contributed by atoms with Crippen LogP contribution in [0.5, 0.6) is 0 Å². The zero-order chi connectivity index (χ0) is 15.0. The molecule has 0 spiro atoms. The van der Waals surface area contributed by atoms with Crippen LogP contribution in [-0.4, -0.2) is 45.2 Å². The van der Waals surface area contributed by atoms with Crippen molar-refractivity contribution >= 4 is 34.1 Å². The van der Waals surface area contributed by atoms with Crippen molar-refractivity contribution in [2.75, 3.05) is 13.1 Å². The maximum atomic E-state index is 11.9. The van der Waals surface area contributed by atoms with Crippen LogP contribution in [-0.2, 0) is 9.59 Å². The number of fused-ring (bicyclic) bond motifs is 1. The molecule has 2 aromatic heterocycles. The summed E-state index contributed by atoms with van der Waals surface area (Å²) in [6, 6.07) is -0.837. The molecule has 1 unspecified atom stereocenters. The summed E-state index contributed by atoms with van der Waals surface area (Å²) in [6.07, 6.45) is 3.72. The lowest BCUT2D eigenvalue weighted by molar-refractivity contribution is -0.130. The highest BCUT2D eigenvalue weighted by Gasteiger charge is 2.30. The summed E-state index contributed by atoms with van der Waals surface area (Å²) in [7, 11) is 0. The number of hydrogen-bond acceptors (Lipinski definition) is 5. The first-order chi connectivity index (χ1) is 10.0. The third-order valence-corrected chi connectivity index (χ3v) is 3.94. The van der Waals surface area contributed by atoms with Crippen LogP contribution in [0.4, 0.5) is 4.79 Å². The minimum absolute atomic E-state index is 0.0566. The van der Waals surface area contributed by atoms with E-state index in [1.165, 1.54) is 11.3 Å². The fraction of sp³-hybridized carbons (Fsp3) is 0.333. The Balaban J connectivity index is 1.63. The van der Waals surface area contributed by atoms with Gasteiger partial charge >= 0.3 is 6.03 Å². The number of amides is 4. The molecule has 110 valence electrons. The molecule has 1 aliphatic rings. The van der Waals surface area contributed by atoms with E-state index in [9.17, 15) is 14.4 Å². The van der Waals surface area contributed by atoms with Crippen molar-refractivity contribution in [1.29, 1.82) is 0 Å². The fourth-order valence-corrected chi connectivity index (χ4v) is 2.78. The number of imidazole rings is 1. The van der Waals surface area contributed by atoms with E-state index in [1.54, 1.807) is 6.92 Å². The Hall–Kier alpha value is -2.42. The zero-order valence-corrected chi connectivity index (χ0v) is 12.0. The molecule has 0 aliphatic carbocycles. The van der Waals surface area contributed by atoms with Crippen molar-refractivity contribution in [3.05, 3.63) is 23.5 Å². The van der Waals surface area contributed by atoms with Crippen LogP contribution in [0.25, 0.3) is 4.96 Å². The number of aromatic nitrogens is 2. The van der Waals surface area contributed by atoms with E-state index in [-0.39, 0.29) is 19.1 Å². The van der Waals surface area contributed by atoms with E-state index in [2.05, 4.69) is 15.6 Å². The number of hydrogen-bond donors (Lipinski definition) is 2. The number of nitrogens with one attached hydrogen (secondary N) is 2. The number of carbonyl (C=O) groups is 3. The second-order valence-corrected chi connectivity index (χ2v) is 5.56. The number of nitrogens with zero attached hydrogens (tertiary/aromatic N) is 3. The molecule has 0 radical (unpaired) electrons. The Bertz CT molecular complexity index is 677. The number of carbonyl (C=O) groups excluding carboxylic acids is 3. The fourth-order valence-electron chi connectivity index (χ4n) is 2.07. The first kappa shape index (κ1) is 13.6. The summed E-state index contributed by atoms with van der Waals surface area (Å²) in [4.78, 5) is 40.8. The second kappa shape index (κ2) is 5.17. The van der Waals surface area contributed by atoms with E-state index >= 15 is 0 Å². The smallest absolute Gasteiger partial charge is 0.325 e. The van der Waals surface area contributed by atoms with Crippen molar-refractivity contribution in [2.45, 2.75) is 13.0 Å². The number of thiazole rings is 1. The molecule has 1 saturated heterocycles. The molecule has 1 aliphatic heterocycles. The normalized spacial score (nSPS) is 16.3. The van der Waals surface area contributed by atoms with Crippen LogP contribution in [0, 0.1) is 0 Å². The van der Waals surface area contributed by atoms with Crippen molar-refractivity contribution in [1.82, 2.24) is 24.9 Å². The van der Waals surface area contributed by atoms with Crippen molar-refractivity contribution in [3.63, 3.8) is 0 Å². The third kappa shape index (κ3) is 2.59. The summed E-state index contributed by atoms with van der Waals surface area (Å²) >= 11 is 1.50. The Labute approximate surface area is 123 Å². The lowest BCUT2D eigenvalue weighted by atomic mass is 10.2. The lowest BCUT2D eigenvalue weighted by Crippen LogP contribution is -2.41. The van der Waals surface area contributed by atoms with Gasteiger partial charge in [0.25, 0.3) is 5.91 Å². The molecule has 3 heterocycles. The summed E-state index contributed by atoms with van der Waals surface area (Å²) in [5.41, 5.74) is 0.729. The topological polar surface area (TPSA) is 95.8 Å². The molecule has 2 N–H and O–H groups in total. The van der Waals surface area contributed by atoms with Gasteiger partial charge in [-0.1, -0.05) is 0 Å². The number of imide groups is 1. The van der Waals surface area contributed by atoms with Crippen LogP contribution < -0.4 is 10.6 Å². The van der Waals surface area contributed by atoms with Gasteiger partial charge in [-0.15, -0.1) is 11.3 Å². The van der Waals surface area contributed by atoms with E-state index < -0.39 is 17.8 Å². The number of urea groups is 1. The largest absolute Gasteiger partial charge is 0.346 e. The summed E-state index contributed by atoms with van der Waals surface area (Å²) in [6.45, 7) is 1.46. The van der Waals surface area contributed by atoms with Gasteiger partial charge in [0.15, 0.2) is 4.96 Å². The Morgan fingerprint density at radius 1 is 1.57 bits per heavy atom. The first-order valence-corrected chi connectivity index (χ1v) is 7.22. The van der Waals surface area contributed by atoms with Crippen molar-refractivity contribution in [2.24, 2.45) is 0 Å². The highest BCUT2D eigenvalue weighted by atomic mass is 32.1. The molecular formula is C12H13N5O3S. The summed E-state index contributed by atoms with van der Waals surface area (Å²) in [5, 5.41) is 7.02. The van der Waals surface area contributed by atoms with Gasteiger partial charge in [-0.25, -0.2) is 9.78 Å². The minimum Gasteiger partial charge on any atom is -0.346 e. The van der Waals surface area contributed by atoms with Gasteiger partial charge < -0.3 is 10.6 Å². The third-order valence-electron chi connectivity index (χ3n) is 3.17. The average Bonchev–Trinajstić information content (AvgIpc) is 3.08. The lowest BCUT2D eigenvalue weighted by Gasteiger charge is -2.15. The standard InChI is InChI=1S/C12H13N5O3S/c1-7(8-5-16-2-3-21-12(16)15-8)14-9(18)6-17-10(19)4-13-11(17)20/h2-3,5,7H,4,6H2,1H3,(H,13,20)(H,14,18). The zero-order valence-electron chi connectivity index (χ0n) is 11.2. The highest BCUT2D eigenvalue weighted by Crippen LogP contribution is 2.16. The highest BCUT2D eigenvalue weighted by molar-refractivity contribution is 7.15. The molecule has 1 atom stereocenters. The van der Waals surface area contributed by atoms with Gasteiger partial charge in [-0.05, 0) is 6.92 Å². The van der Waals surface area contributed by atoms with Crippen LogP contribution in [0.2, 0.25) is 0 Å². The Morgan fingerprint density at radius 3 is 3.05 bits per heavy atom.